The Kier molecular flexibility index (Phi) is 3.21. The number of carbonyl (C=O) groups excluding carboxylic acids is 1. The highest BCUT2D eigenvalue weighted by atomic mass is 79.9. The Balaban J connectivity index is 1.24. The first-order valence-electron chi connectivity index (χ1n) is 9.31. The number of hydrogen-bond donors (Lipinski definition) is 0. The minimum absolute atomic E-state index is 0.164. The molecule has 2 aromatic rings. The average Bonchev–Trinajstić information content (AvgIpc) is 2.79. The van der Waals surface area contributed by atoms with E-state index in [0.717, 1.165) is 23.1 Å². The van der Waals surface area contributed by atoms with E-state index in [2.05, 4.69) is 43.8 Å². The van der Waals surface area contributed by atoms with Gasteiger partial charge in [-0.05, 0) is 73.5 Å². The van der Waals surface area contributed by atoms with E-state index in [0.29, 0.717) is 11.3 Å². The van der Waals surface area contributed by atoms with E-state index >= 15 is 0 Å². The molecule has 1 saturated heterocycles. The van der Waals surface area contributed by atoms with Crippen molar-refractivity contribution in [3.63, 3.8) is 0 Å². The van der Waals surface area contributed by atoms with Crippen LogP contribution in [-0.2, 0) is 10.3 Å². The first kappa shape index (κ1) is 16.6. The molecule has 0 radical (unpaired) electrons. The second-order valence-corrected chi connectivity index (χ2v) is 10.4. The second kappa shape index (κ2) is 5.03. The molecule has 2 bridgehead atoms. The molecule has 1 aliphatic heterocycles. The number of aromatic nitrogens is 2. The minimum atomic E-state index is -0.416. The van der Waals surface area contributed by atoms with E-state index in [-0.39, 0.29) is 11.6 Å². The van der Waals surface area contributed by atoms with Gasteiger partial charge in [-0.25, -0.2) is 4.79 Å². The number of nitrogens with zero attached hydrogens (tertiary/aromatic N) is 3. The summed E-state index contributed by atoms with van der Waals surface area (Å²) in [6, 6.07) is 4.28. The molecule has 6 rings (SSSR count). The van der Waals surface area contributed by atoms with Crippen LogP contribution in [0, 0.1) is 11.3 Å². The van der Waals surface area contributed by atoms with Crippen molar-refractivity contribution in [3.05, 3.63) is 29.0 Å². The van der Waals surface area contributed by atoms with Crippen LogP contribution in [0.15, 0.2) is 29.0 Å². The van der Waals surface area contributed by atoms with Crippen molar-refractivity contribution in [2.24, 2.45) is 11.3 Å². The van der Waals surface area contributed by atoms with E-state index in [1.54, 1.807) is 0 Å². The van der Waals surface area contributed by atoms with E-state index in [1.165, 1.54) is 24.8 Å². The molecule has 5 nitrogen and oxygen atoms in total. The summed E-state index contributed by atoms with van der Waals surface area (Å²) in [7, 11) is 0. The largest absolute Gasteiger partial charge is 0.444 e. The second-order valence-electron chi connectivity index (χ2n) is 9.44. The first-order valence-corrected chi connectivity index (χ1v) is 10.1. The lowest BCUT2D eigenvalue weighted by Crippen LogP contribution is -2.74. The molecular weight excluding hydrogens is 394 g/mol. The summed E-state index contributed by atoms with van der Waals surface area (Å²) in [5.41, 5.74) is 2.58. The Labute approximate surface area is 161 Å². The Bertz CT molecular complexity index is 888. The van der Waals surface area contributed by atoms with Gasteiger partial charge in [-0.3, -0.25) is 4.98 Å². The number of pyridine rings is 1. The van der Waals surface area contributed by atoms with Crippen LogP contribution < -0.4 is 0 Å². The molecule has 0 spiro atoms. The summed E-state index contributed by atoms with van der Waals surface area (Å²) >= 11 is 3.54. The zero-order chi connectivity index (χ0) is 18.3. The van der Waals surface area contributed by atoms with Crippen molar-refractivity contribution in [1.29, 1.82) is 0 Å². The van der Waals surface area contributed by atoms with Crippen LogP contribution in [-0.4, -0.2) is 39.2 Å². The summed E-state index contributed by atoms with van der Waals surface area (Å²) in [5.74, 6) is 0.628. The zero-order valence-electron chi connectivity index (χ0n) is 15.5. The number of fused-ring (bicyclic) bond motifs is 1. The fourth-order valence-electron chi connectivity index (χ4n) is 5.24. The molecule has 26 heavy (non-hydrogen) atoms. The van der Waals surface area contributed by atoms with E-state index in [4.69, 9.17) is 4.74 Å². The highest BCUT2D eigenvalue weighted by molar-refractivity contribution is 9.10. The van der Waals surface area contributed by atoms with Crippen molar-refractivity contribution in [2.45, 2.75) is 51.2 Å². The monoisotopic (exact) mass is 417 g/mol. The molecule has 3 saturated carbocycles. The van der Waals surface area contributed by atoms with Gasteiger partial charge in [0.05, 0.1) is 11.0 Å². The smallest absolute Gasteiger partial charge is 0.410 e. The summed E-state index contributed by atoms with van der Waals surface area (Å²) in [6.45, 7) is 7.46. The number of likely N-dealkylation sites (tertiary alicyclic amines) is 1. The van der Waals surface area contributed by atoms with Gasteiger partial charge in [0.2, 0.25) is 0 Å². The topological polar surface area (TPSA) is 47.4 Å². The van der Waals surface area contributed by atoms with Gasteiger partial charge in [0, 0.05) is 41.4 Å². The lowest BCUT2D eigenvalue weighted by molar-refractivity contribution is -0.240. The number of halogens is 1. The van der Waals surface area contributed by atoms with Gasteiger partial charge in [-0.15, -0.1) is 0 Å². The number of ether oxygens (including phenoxy) is 1. The first-order chi connectivity index (χ1) is 12.2. The summed E-state index contributed by atoms with van der Waals surface area (Å²) in [6.07, 6.45) is 7.56. The van der Waals surface area contributed by atoms with Crippen LogP contribution in [0.2, 0.25) is 0 Å². The summed E-state index contributed by atoms with van der Waals surface area (Å²) in [4.78, 5) is 18.5. The van der Waals surface area contributed by atoms with Crippen LogP contribution in [0.25, 0.3) is 11.0 Å². The van der Waals surface area contributed by atoms with E-state index in [9.17, 15) is 4.79 Å². The molecule has 3 heterocycles. The van der Waals surface area contributed by atoms with Crippen LogP contribution in [0.3, 0.4) is 0 Å². The van der Waals surface area contributed by atoms with Crippen molar-refractivity contribution < 1.29 is 9.53 Å². The van der Waals surface area contributed by atoms with Gasteiger partial charge in [0.15, 0.2) is 0 Å². The van der Waals surface area contributed by atoms with Crippen LogP contribution in [0.4, 0.5) is 4.79 Å². The number of rotatable bonds is 2. The Morgan fingerprint density at radius 2 is 2.00 bits per heavy atom. The Morgan fingerprint density at radius 3 is 2.65 bits per heavy atom. The zero-order valence-corrected chi connectivity index (χ0v) is 17.0. The number of hydrogen-bond acceptors (Lipinski definition) is 3. The predicted molar refractivity (Wildman–Crippen MR) is 103 cm³/mol. The molecule has 0 unspecified atom stereocenters. The van der Waals surface area contributed by atoms with E-state index < -0.39 is 5.60 Å². The third-order valence-corrected chi connectivity index (χ3v) is 6.89. The van der Waals surface area contributed by atoms with Gasteiger partial charge >= 0.3 is 6.09 Å². The van der Waals surface area contributed by atoms with Gasteiger partial charge < -0.3 is 14.2 Å². The third kappa shape index (κ3) is 2.27. The molecule has 4 fully saturated rings. The fourth-order valence-corrected chi connectivity index (χ4v) is 5.56. The average molecular weight is 418 g/mol. The maximum atomic E-state index is 12.1. The molecule has 6 heteroatoms. The van der Waals surface area contributed by atoms with Crippen molar-refractivity contribution in [3.8, 4) is 0 Å². The maximum Gasteiger partial charge on any atom is 0.410 e. The van der Waals surface area contributed by atoms with Gasteiger partial charge in [-0.2, -0.15) is 0 Å². The Morgan fingerprint density at radius 1 is 1.31 bits per heavy atom. The molecule has 1 amide bonds. The van der Waals surface area contributed by atoms with Gasteiger partial charge in [0.25, 0.3) is 0 Å². The number of carbonyl (C=O) groups is 1. The van der Waals surface area contributed by atoms with Gasteiger partial charge in [0.1, 0.15) is 5.60 Å². The normalized spacial score (nSPS) is 30.5. The lowest BCUT2D eigenvalue weighted by Gasteiger charge is -2.75. The fraction of sp³-hybridized carbons (Fsp3) is 0.600. The van der Waals surface area contributed by atoms with Crippen LogP contribution in [0.1, 0.15) is 40.0 Å². The standard InChI is InChI=1S/C20H24BrN3O2/c1-18(2,3)26-17(25)23-8-13(9-23)19-10-20(11-19,12-19)24-5-4-15-16(24)6-14(21)7-22-15/h4-7,13H,8-12H2,1-3H3. The molecule has 3 aliphatic carbocycles. The minimum Gasteiger partial charge on any atom is -0.444 e. The van der Waals surface area contributed by atoms with Crippen molar-refractivity contribution in [2.75, 3.05) is 13.1 Å². The molecule has 2 aromatic heterocycles. The molecule has 0 aromatic carbocycles. The molecule has 0 atom stereocenters. The molecular formula is C20H24BrN3O2. The van der Waals surface area contributed by atoms with E-state index in [1.807, 2.05) is 31.9 Å². The van der Waals surface area contributed by atoms with Gasteiger partial charge in [-0.1, -0.05) is 0 Å². The van der Waals surface area contributed by atoms with Crippen LogP contribution >= 0.6 is 15.9 Å². The number of amides is 1. The summed E-state index contributed by atoms with van der Waals surface area (Å²) < 4.78 is 8.94. The highest BCUT2D eigenvalue weighted by Gasteiger charge is 2.72. The van der Waals surface area contributed by atoms with Crippen molar-refractivity contribution >= 4 is 33.1 Å². The molecule has 4 aliphatic rings. The van der Waals surface area contributed by atoms with Crippen molar-refractivity contribution in [1.82, 2.24) is 14.5 Å². The predicted octanol–water partition coefficient (Wildman–Crippen LogP) is 4.54. The molecule has 138 valence electrons. The molecule has 0 N–H and O–H groups in total. The summed E-state index contributed by atoms with van der Waals surface area (Å²) in [5, 5.41) is 0. The highest BCUT2D eigenvalue weighted by Crippen LogP contribution is 2.75. The maximum absolute atomic E-state index is 12.1. The quantitative estimate of drug-likeness (QED) is 0.719. The SMILES string of the molecule is CC(C)(C)OC(=O)N1CC(C23CC(n4ccc5ncc(Br)cc54)(C2)C3)C1. The Hall–Kier alpha value is -1.56. The van der Waals surface area contributed by atoms with Crippen LogP contribution in [0.5, 0.6) is 0 Å². The third-order valence-electron chi connectivity index (χ3n) is 6.46. The lowest BCUT2D eigenvalue weighted by atomic mass is 9.35.